The van der Waals surface area contributed by atoms with Crippen LogP contribution < -0.4 is 0 Å². The summed E-state index contributed by atoms with van der Waals surface area (Å²) in [4.78, 5) is 0. The van der Waals surface area contributed by atoms with Crippen molar-refractivity contribution in [3.05, 3.63) is 0 Å². The second-order valence-corrected chi connectivity index (χ2v) is 4.35. The number of hydrogen-bond donors (Lipinski definition) is 2. The highest BCUT2D eigenvalue weighted by atomic mass is 16.5. The van der Waals surface area contributed by atoms with Crippen molar-refractivity contribution in [2.75, 3.05) is 0 Å². The average Bonchev–Trinajstić information content (AvgIpc) is 2.47. The Kier molecular flexibility index (Phi) is 4.25. The molecule has 1 aliphatic heterocycles. The van der Waals surface area contributed by atoms with E-state index >= 15 is 0 Å². The molecule has 5 unspecified atom stereocenters. The Labute approximate surface area is 97.3 Å². The zero-order valence-corrected chi connectivity index (χ0v) is 9.59. The molecule has 0 aromatic rings. The fraction of sp³-hybridized carbons (Fsp3) is 0.818. The standard InChI is InChI=1S/C11H17BO4/c1-4-11(3,15-5-2)6-7-8(13)9(14)10(12)16-7/h2,7-10,13-14H,4,6H2,1,3H3. The first-order chi connectivity index (χ1) is 7.43. The molecule has 0 aliphatic carbocycles. The summed E-state index contributed by atoms with van der Waals surface area (Å²) in [5, 5.41) is 19.1. The lowest BCUT2D eigenvalue weighted by atomic mass is 9.89. The molecule has 1 rings (SSSR count). The predicted molar refractivity (Wildman–Crippen MR) is 59.7 cm³/mol. The lowest BCUT2D eigenvalue weighted by molar-refractivity contribution is -0.0443. The van der Waals surface area contributed by atoms with Gasteiger partial charge in [0.25, 0.3) is 0 Å². The van der Waals surface area contributed by atoms with Crippen molar-refractivity contribution in [3.63, 3.8) is 0 Å². The molecule has 5 heteroatoms. The molecule has 0 aromatic heterocycles. The van der Waals surface area contributed by atoms with E-state index in [4.69, 9.17) is 23.7 Å². The van der Waals surface area contributed by atoms with Crippen LogP contribution in [0.25, 0.3) is 0 Å². The average molecular weight is 224 g/mol. The van der Waals surface area contributed by atoms with Crippen molar-refractivity contribution in [3.8, 4) is 12.5 Å². The summed E-state index contributed by atoms with van der Waals surface area (Å²) in [7, 11) is 5.48. The first-order valence-electron chi connectivity index (χ1n) is 5.34. The molecule has 0 spiro atoms. The van der Waals surface area contributed by atoms with Crippen molar-refractivity contribution >= 4 is 7.85 Å². The zero-order chi connectivity index (χ0) is 12.3. The number of aliphatic hydroxyl groups is 2. The molecule has 1 heterocycles. The minimum atomic E-state index is -1.06. The van der Waals surface area contributed by atoms with Crippen LogP contribution in [0.15, 0.2) is 0 Å². The van der Waals surface area contributed by atoms with E-state index in [9.17, 15) is 10.2 Å². The molecule has 0 aromatic carbocycles. The van der Waals surface area contributed by atoms with E-state index in [1.165, 1.54) is 0 Å². The number of terminal acetylenes is 1. The molecule has 88 valence electrons. The molecule has 4 nitrogen and oxygen atoms in total. The first kappa shape index (κ1) is 13.4. The van der Waals surface area contributed by atoms with Gasteiger partial charge in [-0.1, -0.05) is 13.3 Å². The van der Waals surface area contributed by atoms with E-state index < -0.39 is 29.9 Å². The number of aliphatic hydroxyl groups excluding tert-OH is 2. The number of hydrogen-bond acceptors (Lipinski definition) is 4. The fourth-order valence-electron chi connectivity index (χ4n) is 1.77. The van der Waals surface area contributed by atoms with E-state index in [2.05, 4.69) is 6.11 Å². The molecule has 1 fully saturated rings. The minimum absolute atomic E-state index is 0.389. The van der Waals surface area contributed by atoms with E-state index in [0.717, 1.165) is 0 Å². The van der Waals surface area contributed by atoms with Crippen molar-refractivity contribution < 1.29 is 19.7 Å². The van der Waals surface area contributed by atoms with Crippen LogP contribution in [-0.4, -0.2) is 48.0 Å². The summed E-state index contributed by atoms with van der Waals surface area (Å²) in [5.41, 5.74) is -0.579. The Balaban J connectivity index is 2.64. The van der Waals surface area contributed by atoms with Crippen LogP contribution in [0.4, 0.5) is 0 Å². The summed E-state index contributed by atoms with van der Waals surface area (Å²) < 4.78 is 10.4. The van der Waals surface area contributed by atoms with Gasteiger partial charge in [0, 0.05) is 12.4 Å². The lowest BCUT2D eigenvalue weighted by Crippen LogP contribution is -2.38. The van der Waals surface area contributed by atoms with Crippen molar-refractivity contribution in [1.29, 1.82) is 0 Å². The Morgan fingerprint density at radius 3 is 2.50 bits per heavy atom. The third kappa shape index (κ3) is 2.70. The normalized spacial score (nSPS) is 37.7. The third-order valence-corrected chi connectivity index (χ3v) is 3.09. The van der Waals surface area contributed by atoms with Crippen LogP contribution >= 0.6 is 0 Å². The van der Waals surface area contributed by atoms with Gasteiger partial charge in [-0.2, -0.15) is 0 Å². The molecule has 5 atom stereocenters. The highest BCUT2D eigenvalue weighted by molar-refractivity contribution is 6.11. The van der Waals surface area contributed by atoms with Crippen LogP contribution in [0.3, 0.4) is 0 Å². The number of rotatable bonds is 4. The maximum atomic E-state index is 9.69. The molecule has 1 aliphatic rings. The molecule has 0 bridgehead atoms. The first-order valence-corrected chi connectivity index (χ1v) is 5.34. The topological polar surface area (TPSA) is 58.9 Å². The molecular formula is C11H17BO4. The van der Waals surface area contributed by atoms with E-state index in [1.54, 1.807) is 0 Å². The van der Waals surface area contributed by atoms with E-state index in [0.29, 0.717) is 12.8 Å². The summed E-state index contributed by atoms with van der Waals surface area (Å²) >= 11 is 0. The summed E-state index contributed by atoms with van der Waals surface area (Å²) in [6.45, 7) is 3.76. The summed E-state index contributed by atoms with van der Waals surface area (Å²) in [5.74, 6) is 0. The third-order valence-electron chi connectivity index (χ3n) is 3.09. The van der Waals surface area contributed by atoms with Crippen LogP contribution in [0.5, 0.6) is 0 Å². The quantitative estimate of drug-likeness (QED) is 0.511. The van der Waals surface area contributed by atoms with Crippen LogP contribution in [-0.2, 0) is 9.47 Å². The molecular weight excluding hydrogens is 207 g/mol. The Morgan fingerprint density at radius 1 is 1.50 bits per heavy atom. The van der Waals surface area contributed by atoms with Gasteiger partial charge in [-0.05, 0) is 13.3 Å². The fourth-order valence-corrected chi connectivity index (χ4v) is 1.77. The van der Waals surface area contributed by atoms with Gasteiger partial charge < -0.3 is 19.7 Å². The minimum Gasteiger partial charge on any atom is -0.440 e. The molecule has 1 saturated heterocycles. The summed E-state index contributed by atoms with van der Waals surface area (Å²) in [6.07, 6.45) is 5.70. The monoisotopic (exact) mass is 224 g/mol. The smallest absolute Gasteiger partial charge is 0.120 e. The number of ether oxygens (including phenoxy) is 2. The molecule has 2 N–H and O–H groups in total. The van der Waals surface area contributed by atoms with Gasteiger partial charge in [-0.3, -0.25) is 0 Å². The van der Waals surface area contributed by atoms with Crippen LogP contribution in [0.1, 0.15) is 26.7 Å². The Morgan fingerprint density at radius 2 is 2.12 bits per heavy atom. The second kappa shape index (κ2) is 5.09. The highest BCUT2D eigenvalue weighted by Crippen LogP contribution is 2.30. The summed E-state index contributed by atoms with van der Waals surface area (Å²) in [6, 6.07) is -0.855. The van der Waals surface area contributed by atoms with E-state index in [1.807, 2.05) is 13.8 Å². The van der Waals surface area contributed by atoms with Crippen LogP contribution in [0, 0.1) is 12.5 Å². The van der Waals surface area contributed by atoms with Gasteiger partial charge in [0.15, 0.2) is 0 Å². The van der Waals surface area contributed by atoms with Crippen molar-refractivity contribution in [1.82, 2.24) is 0 Å². The Bertz CT molecular complexity index is 278. The highest BCUT2D eigenvalue weighted by Gasteiger charge is 2.43. The molecule has 0 amide bonds. The van der Waals surface area contributed by atoms with Gasteiger partial charge in [0.2, 0.25) is 0 Å². The molecule has 2 radical (unpaired) electrons. The Hall–Kier alpha value is -0.695. The van der Waals surface area contributed by atoms with Crippen LogP contribution in [0.2, 0.25) is 0 Å². The van der Waals surface area contributed by atoms with Gasteiger partial charge >= 0.3 is 0 Å². The molecule has 16 heavy (non-hydrogen) atoms. The predicted octanol–water partition coefficient (Wildman–Crippen LogP) is -0.232. The lowest BCUT2D eigenvalue weighted by Gasteiger charge is -2.29. The largest absolute Gasteiger partial charge is 0.440 e. The van der Waals surface area contributed by atoms with Crippen molar-refractivity contribution in [2.45, 2.75) is 56.6 Å². The van der Waals surface area contributed by atoms with Gasteiger partial charge in [-0.25, -0.2) is 0 Å². The maximum absolute atomic E-state index is 9.69. The van der Waals surface area contributed by atoms with E-state index in [-0.39, 0.29) is 0 Å². The SMILES string of the molecule is [B]C1OC(CC(C)(CC)OC#C)C(O)C1O. The van der Waals surface area contributed by atoms with Gasteiger partial charge in [-0.15, -0.1) is 0 Å². The zero-order valence-electron chi connectivity index (χ0n) is 9.59. The second-order valence-electron chi connectivity index (χ2n) is 4.35. The molecule has 0 saturated carbocycles. The maximum Gasteiger partial charge on any atom is 0.120 e. The van der Waals surface area contributed by atoms with Gasteiger partial charge in [0.05, 0.1) is 12.2 Å². The van der Waals surface area contributed by atoms with Crippen molar-refractivity contribution in [2.24, 2.45) is 0 Å². The van der Waals surface area contributed by atoms with Gasteiger partial charge in [0.1, 0.15) is 25.7 Å².